The lowest BCUT2D eigenvalue weighted by molar-refractivity contribution is -0.206. The van der Waals surface area contributed by atoms with E-state index in [1.807, 2.05) is 6.07 Å². The maximum absolute atomic E-state index is 12.4. The Morgan fingerprint density at radius 2 is 2.05 bits per heavy atom. The summed E-state index contributed by atoms with van der Waals surface area (Å²) in [5, 5.41) is 22.0. The summed E-state index contributed by atoms with van der Waals surface area (Å²) >= 11 is 0. The van der Waals surface area contributed by atoms with E-state index in [2.05, 4.69) is 10.3 Å². The van der Waals surface area contributed by atoms with Crippen molar-refractivity contribution in [1.29, 1.82) is 5.26 Å². The third-order valence-corrected chi connectivity index (χ3v) is 3.07. The van der Waals surface area contributed by atoms with E-state index in [9.17, 15) is 18.3 Å². The van der Waals surface area contributed by atoms with Gasteiger partial charge in [-0.15, -0.1) is 0 Å². The molecular formula is C14H12F3N3O. The molecule has 1 aromatic heterocycles. The minimum absolute atomic E-state index is 0.252. The Morgan fingerprint density at radius 1 is 1.33 bits per heavy atom. The molecule has 4 nitrogen and oxygen atoms in total. The monoisotopic (exact) mass is 295 g/mol. The van der Waals surface area contributed by atoms with Crippen molar-refractivity contribution < 1.29 is 18.3 Å². The zero-order chi connectivity index (χ0) is 15.6. The molecule has 7 heteroatoms. The van der Waals surface area contributed by atoms with Gasteiger partial charge in [-0.1, -0.05) is 0 Å². The lowest BCUT2D eigenvalue weighted by atomic mass is 10.1. The number of anilines is 1. The molecular weight excluding hydrogens is 283 g/mol. The Hall–Kier alpha value is -2.33. The molecule has 0 aliphatic rings. The number of pyridine rings is 1. The summed E-state index contributed by atoms with van der Waals surface area (Å²) in [7, 11) is 0. The van der Waals surface area contributed by atoms with Crippen LogP contribution in [0.5, 0.6) is 0 Å². The predicted octanol–water partition coefficient (Wildman–Crippen LogP) is 2.83. The first-order chi connectivity index (χ1) is 9.82. The highest BCUT2D eigenvalue weighted by atomic mass is 19.4. The van der Waals surface area contributed by atoms with E-state index in [4.69, 9.17) is 5.26 Å². The molecule has 0 amide bonds. The van der Waals surface area contributed by atoms with E-state index in [0.717, 1.165) is 0 Å². The van der Waals surface area contributed by atoms with E-state index < -0.39 is 18.3 Å². The fourth-order valence-electron chi connectivity index (χ4n) is 1.98. The van der Waals surface area contributed by atoms with Crippen molar-refractivity contribution in [2.24, 2.45) is 0 Å². The average molecular weight is 295 g/mol. The van der Waals surface area contributed by atoms with Gasteiger partial charge in [-0.2, -0.15) is 18.4 Å². The van der Waals surface area contributed by atoms with Gasteiger partial charge in [0.25, 0.3) is 0 Å². The minimum atomic E-state index is -4.68. The molecule has 0 radical (unpaired) electrons. The van der Waals surface area contributed by atoms with E-state index in [1.165, 1.54) is 13.1 Å². The van der Waals surface area contributed by atoms with Crippen LogP contribution in [0, 0.1) is 11.3 Å². The van der Waals surface area contributed by atoms with Crippen LogP contribution in [0.3, 0.4) is 0 Å². The van der Waals surface area contributed by atoms with Crippen molar-refractivity contribution in [2.45, 2.75) is 25.2 Å². The molecule has 110 valence electrons. The van der Waals surface area contributed by atoms with Crippen molar-refractivity contribution in [3.05, 3.63) is 36.2 Å². The number of halogens is 3. The smallest absolute Gasteiger partial charge is 0.382 e. The van der Waals surface area contributed by atoms with Gasteiger partial charge < -0.3 is 10.4 Å². The van der Waals surface area contributed by atoms with Crippen LogP contribution >= 0.6 is 0 Å². The molecule has 21 heavy (non-hydrogen) atoms. The number of hydrogen-bond donors (Lipinski definition) is 2. The lowest BCUT2D eigenvalue weighted by Gasteiger charge is -2.23. The van der Waals surface area contributed by atoms with Crippen LogP contribution in [0.2, 0.25) is 0 Å². The van der Waals surface area contributed by atoms with Gasteiger partial charge in [0.2, 0.25) is 0 Å². The van der Waals surface area contributed by atoms with Gasteiger partial charge >= 0.3 is 6.18 Å². The van der Waals surface area contributed by atoms with Gasteiger partial charge in [0, 0.05) is 17.3 Å². The number of nitrogens with zero attached hydrogens (tertiary/aromatic N) is 2. The fraction of sp³-hybridized carbons (Fsp3) is 0.286. The number of rotatable bonds is 3. The molecule has 0 saturated heterocycles. The van der Waals surface area contributed by atoms with Crippen LogP contribution in [-0.2, 0) is 0 Å². The van der Waals surface area contributed by atoms with Crippen LogP contribution in [0.1, 0.15) is 12.6 Å². The summed E-state index contributed by atoms with van der Waals surface area (Å²) in [6.45, 7) is 1.25. The second-order valence-corrected chi connectivity index (χ2v) is 4.63. The molecule has 0 spiro atoms. The highest BCUT2D eigenvalue weighted by Gasteiger charge is 2.41. The number of hydrogen-bond acceptors (Lipinski definition) is 4. The second kappa shape index (κ2) is 5.58. The molecule has 2 aromatic rings. The van der Waals surface area contributed by atoms with Crippen molar-refractivity contribution in [3.63, 3.8) is 0 Å². The Labute approximate surface area is 118 Å². The van der Waals surface area contributed by atoms with Crippen molar-refractivity contribution in [3.8, 4) is 6.07 Å². The van der Waals surface area contributed by atoms with Crippen LogP contribution in [-0.4, -0.2) is 28.4 Å². The Morgan fingerprint density at radius 3 is 2.67 bits per heavy atom. The Bertz CT molecular complexity index is 694. The standard InChI is InChI=1S/C14H12F3N3O/c1-8(13(21)14(15,16)17)20-10-2-3-11-9(6-10)4-5-19-12(11)7-18/h2-6,8,13,20-21H,1H3/t8-,13-/m1/s1. The first-order valence-corrected chi connectivity index (χ1v) is 6.13. The molecule has 0 saturated carbocycles. The zero-order valence-corrected chi connectivity index (χ0v) is 11.0. The van der Waals surface area contributed by atoms with Crippen molar-refractivity contribution in [2.75, 3.05) is 5.32 Å². The van der Waals surface area contributed by atoms with E-state index in [0.29, 0.717) is 16.5 Å². The fourth-order valence-corrected chi connectivity index (χ4v) is 1.98. The molecule has 0 bridgehead atoms. The number of nitriles is 1. The van der Waals surface area contributed by atoms with Crippen molar-refractivity contribution in [1.82, 2.24) is 4.98 Å². The first-order valence-electron chi connectivity index (χ1n) is 6.13. The highest BCUT2D eigenvalue weighted by Crippen LogP contribution is 2.26. The van der Waals surface area contributed by atoms with E-state index in [-0.39, 0.29) is 5.69 Å². The highest BCUT2D eigenvalue weighted by molar-refractivity contribution is 5.89. The van der Waals surface area contributed by atoms with E-state index >= 15 is 0 Å². The predicted molar refractivity (Wildman–Crippen MR) is 71.6 cm³/mol. The SMILES string of the molecule is C[C@@H](Nc1ccc2c(C#N)nccc2c1)[C@@H](O)C(F)(F)F. The van der Waals surface area contributed by atoms with Crippen LogP contribution in [0.25, 0.3) is 10.8 Å². The normalized spacial score (nSPS) is 14.5. The average Bonchev–Trinajstić information content (AvgIpc) is 2.44. The summed E-state index contributed by atoms with van der Waals surface area (Å²) in [6, 6.07) is 7.17. The third kappa shape index (κ3) is 3.23. The zero-order valence-electron chi connectivity index (χ0n) is 11.0. The molecule has 0 aliphatic carbocycles. The first kappa shape index (κ1) is 15.1. The second-order valence-electron chi connectivity index (χ2n) is 4.63. The number of nitrogens with one attached hydrogen (secondary N) is 1. The van der Waals surface area contributed by atoms with Gasteiger partial charge in [0.1, 0.15) is 11.8 Å². The molecule has 1 heterocycles. The van der Waals surface area contributed by atoms with E-state index in [1.54, 1.807) is 24.3 Å². The van der Waals surface area contributed by atoms with Gasteiger partial charge in [0.05, 0.1) is 6.04 Å². The molecule has 0 aliphatic heterocycles. The number of alkyl halides is 3. The minimum Gasteiger partial charge on any atom is -0.382 e. The van der Waals surface area contributed by atoms with Crippen LogP contribution < -0.4 is 5.32 Å². The van der Waals surface area contributed by atoms with Gasteiger partial charge in [-0.25, -0.2) is 4.98 Å². The molecule has 2 atom stereocenters. The summed E-state index contributed by atoms with van der Waals surface area (Å²) < 4.78 is 37.3. The number of aromatic nitrogens is 1. The quantitative estimate of drug-likeness (QED) is 0.913. The Balaban J connectivity index is 2.27. The maximum Gasteiger partial charge on any atom is 0.416 e. The van der Waals surface area contributed by atoms with Crippen LogP contribution in [0.4, 0.5) is 18.9 Å². The summed E-state index contributed by atoms with van der Waals surface area (Å²) in [5.74, 6) is 0. The Kier molecular flexibility index (Phi) is 4.00. The van der Waals surface area contributed by atoms with Crippen molar-refractivity contribution >= 4 is 16.5 Å². The van der Waals surface area contributed by atoms with Gasteiger partial charge in [-0.3, -0.25) is 0 Å². The van der Waals surface area contributed by atoms with Gasteiger partial charge in [0.15, 0.2) is 6.10 Å². The van der Waals surface area contributed by atoms with Crippen LogP contribution in [0.15, 0.2) is 30.5 Å². The third-order valence-electron chi connectivity index (χ3n) is 3.07. The lowest BCUT2D eigenvalue weighted by Crippen LogP contribution is -2.42. The maximum atomic E-state index is 12.4. The summed E-state index contributed by atoms with van der Waals surface area (Å²) in [4.78, 5) is 3.91. The molecule has 2 N–H and O–H groups in total. The summed E-state index contributed by atoms with van der Waals surface area (Å²) in [6.07, 6.45) is -5.68. The number of aliphatic hydroxyl groups is 1. The van der Waals surface area contributed by atoms with Gasteiger partial charge in [-0.05, 0) is 36.6 Å². The number of benzene rings is 1. The molecule has 2 rings (SSSR count). The number of fused-ring (bicyclic) bond motifs is 1. The molecule has 0 unspecified atom stereocenters. The summed E-state index contributed by atoms with van der Waals surface area (Å²) in [5.41, 5.74) is 0.677. The largest absolute Gasteiger partial charge is 0.416 e. The molecule has 0 fully saturated rings. The number of aliphatic hydroxyl groups excluding tert-OH is 1. The topological polar surface area (TPSA) is 68.9 Å². The molecule has 1 aromatic carbocycles.